The van der Waals surface area contributed by atoms with Crippen molar-refractivity contribution in [1.29, 1.82) is 0 Å². The van der Waals surface area contributed by atoms with Crippen molar-refractivity contribution in [2.75, 3.05) is 13.2 Å². The Morgan fingerprint density at radius 1 is 1.11 bits per heavy atom. The van der Waals surface area contributed by atoms with E-state index in [1.54, 1.807) is 17.3 Å². The van der Waals surface area contributed by atoms with Crippen molar-refractivity contribution < 1.29 is 19.4 Å². The summed E-state index contributed by atoms with van der Waals surface area (Å²) in [5.41, 5.74) is 4.53. The normalized spacial score (nSPS) is 19.5. The van der Waals surface area contributed by atoms with Crippen LogP contribution >= 0.6 is 11.6 Å². The van der Waals surface area contributed by atoms with Crippen LogP contribution in [0.3, 0.4) is 0 Å². The highest BCUT2D eigenvalue weighted by molar-refractivity contribution is 6.76. The smallest absolute Gasteiger partial charge is 0.407 e. The van der Waals surface area contributed by atoms with Gasteiger partial charge in [-0.25, -0.2) is 14.8 Å². The lowest BCUT2D eigenvalue weighted by atomic mass is 9.95. The van der Waals surface area contributed by atoms with E-state index in [4.69, 9.17) is 31.0 Å². The molecule has 1 aliphatic carbocycles. The van der Waals surface area contributed by atoms with E-state index in [0.717, 1.165) is 54.5 Å². The van der Waals surface area contributed by atoms with Gasteiger partial charge in [0, 0.05) is 51.6 Å². The number of aryl methyl sites for hydroxylation is 1. The summed E-state index contributed by atoms with van der Waals surface area (Å²) in [6.45, 7) is 11.5. The molecule has 4 heterocycles. The second-order valence-electron chi connectivity index (χ2n) is 13.7. The lowest BCUT2D eigenvalue weighted by Gasteiger charge is -2.29. The van der Waals surface area contributed by atoms with Gasteiger partial charge in [-0.2, -0.15) is 5.10 Å². The van der Waals surface area contributed by atoms with Gasteiger partial charge in [-0.05, 0) is 61.9 Å². The lowest BCUT2D eigenvalue weighted by molar-refractivity contribution is 0.0885. The van der Waals surface area contributed by atoms with Crippen LogP contribution in [0.25, 0.3) is 33.3 Å². The molecule has 5 aromatic rings. The maximum absolute atomic E-state index is 11.4. The van der Waals surface area contributed by atoms with Crippen LogP contribution in [-0.2, 0) is 18.0 Å². The van der Waals surface area contributed by atoms with Crippen LogP contribution in [0.15, 0.2) is 48.9 Å². The molecule has 11 nitrogen and oxygen atoms in total. The fourth-order valence-electron chi connectivity index (χ4n) is 6.71. The Morgan fingerprint density at radius 3 is 2.70 bits per heavy atom. The Bertz CT molecular complexity index is 1940. The lowest BCUT2D eigenvalue weighted by Crippen LogP contribution is -2.39. The summed E-state index contributed by atoms with van der Waals surface area (Å²) < 4.78 is 16.3. The quantitative estimate of drug-likeness (QED) is 0.123. The molecule has 1 aliphatic heterocycles. The maximum Gasteiger partial charge on any atom is 0.407 e. The van der Waals surface area contributed by atoms with E-state index in [0.29, 0.717) is 58.4 Å². The molecule has 1 amide bonds. The zero-order valence-electron chi connectivity index (χ0n) is 26.5. The molecule has 2 aliphatic rings. The van der Waals surface area contributed by atoms with Gasteiger partial charge in [0.05, 0.1) is 34.6 Å². The number of rotatable bonds is 10. The summed E-state index contributed by atoms with van der Waals surface area (Å²) in [5.74, 6) is 2.79. The highest BCUT2D eigenvalue weighted by Crippen LogP contribution is 2.43. The molecule has 2 aromatic carbocycles. The van der Waals surface area contributed by atoms with E-state index in [-0.39, 0.29) is 6.04 Å². The van der Waals surface area contributed by atoms with E-state index in [9.17, 15) is 9.90 Å². The molecule has 1 saturated carbocycles. The van der Waals surface area contributed by atoms with Crippen LogP contribution in [0.4, 0.5) is 4.79 Å². The van der Waals surface area contributed by atoms with Gasteiger partial charge >= 0.3 is 6.09 Å². The molecule has 3 unspecified atom stereocenters. The van der Waals surface area contributed by atoms with Gasteiger partial charge in [-0.1, -0.05) is 31.2 Å². The van der Waals surface area contributed by atoms with Gasteiger partial charge < -0.3 is 24.0 Å². The zero-order valence-corrected chi connectivity index (χ0v) is 28.2. The molecule has 46 heavy (non-hydrogen) atoms. The number of piperidine rings is 1. The number of fused-ring (bicyclic) bond motifs is 4. The number of amides is 1. The first kappa shape index (κ1) is 30.6. The number of likely N-dealkylation sites (tertiary alicyclic amines) is 1. The van der Waals surface area contributed by atoms with Gasteiger partial charge in [0.15, 0.2) is 0 Å². The first-order chi connectivity index (χ1) is 22.0. The number of hydrogen-bond donors (Lipinski definition) is 1. The largest absolute Gasteiger partial charge is 0.465 e. The van der Waals surface area contributed by atoms with Gasteiger partial charge in [0.2, 0.25) is 0 Å². The molecular formula is C33H38ClN7O4Si. The van der Waals surface area contributed by atoms with E-state index >= 15 is 0 Å². The maximum atomic E-state index is 11.4. The zero-order chi connectivity index (χ0) is 32.2. The Labute approximate surface area is 273 Å². The van der Waals surface area contributed by atoms with E-state index in [2.05, 4.69) is 34.3 Å². The van der Waals surface area contributed by atoms with Crippen LogP contribution in [0, 0.1) is 18.8 Å². The number of nitrogens with zero attached hydrogens (tertiary/aromatic N) is 7. The van der Waals surface area contributed by atoms with Crippen LogP contribution < -0.4 is 4.74 Å². The fraction of sp³-hybridized carbons (Fsp3) is 0.424. The topological polar surface area (TPSA) is 120 Å². The summed E-state index contributed by atoms with van der Waals surface area (Å²) in [6, 6.07) is 10.7. The second-order valence-corrected chi connectivity index (χ2v) is 19.7. The fourth-order valence-corrected chi connectivity index (χ4v) is 7.71. The average molecular weight is 660 g/mol. The van der Waals surface area contributed by atoms with E-state index in [1.165, 1.54) is 0 Å². The number of imidazole rings is 1. The van der Waals surface area contributed by atoms with Crippen molar-refractivity contribution in [3.05, 3.63) is 59.8 Å². The Hall–Kier alpha value is -4.00. The van der Waals surface area contributed by atoms with E-state index < -0.39 is 14.2 Å². The third kappa shape index (κ3) is 6.08. The first-order valence-corrected chi connectivity index (χ1v) is 19.8. The predicted octanol–water partition coefficient (Wildman–Crippen LogP) is 7.30. The summed E-state index contributed by atoms with van der Waals surface area (Å²) in [5, 5.41) is 14.4. The van der Waals surface area contributed by atoms with Crippen LogP contribution in [0.2, 0.25) is 30.7 Å². The minimum atomic E-state index is -1.17. The predicted molar refractivity (Wildman–Crippen MR) is 179 cm³/mol. The summed E-state index contributed by atoms with van der Waals surface area (Å²) in [6.07, 6.45) is 6.49. The molecule has 3 aromatic heterocycles. The molecule has 1 N–H and O–H groups in total. The van der Waals surface area contributed by atoms with Gasteiger partial charge in [-0.15, -0.1) is 0 Å². The number of carboxylic acid groups (broad SMARTS) is 1. The number of ether oxygens (including phenoxy) is 2. The van der Waals surface area contributed by atoms with Crippen molar-refractivity contribution in [1.82, 2.24) is 34.2 Å². The monoisotopic (exact) mass is 659 g/mol. The molecule has 240 valence electrons. The van der Waals surface area contributed by atoms with Crippen molar-refractivity contribution in [3.63, 3.8) is 0 Å². The van der Waals surface area contributed by atoms with Crippen molar-refractivity contribution in [2.45, 2.75) is 64.8 Å². The molecule has 13 heteroatoms. The van der Waals surface area contributed by atoms with Gasteiger partial charge in [0.25, 0.3) is 0 Å². The third-order valence-electron chi connectivity index (χ3n) is 9.26. The van der Waals surface area contributed by atoms with E-state index in [1.807, 2.05) is 48.1 Å². The third-order valence-corrected chi connectivity index (χ3v) is 11.3. The molecule has 7 rings (SSSR count). The SMILES string of the molecule is Cc1nc2ccc(Oc3ccc4ncc(-c5cnn(CC6CC7CC6CN7C(=O)O)c5)nc4c3Cl)cc2n1COCC[Si](C)(C)C. The molecule has 3 atom stereocenters. The minimum absolute atomic E-state index is 0.124. The molecule has 1 saturated heterocycles. The summed E-state index contributed by atoms with van der Waals surface area (Å²) >= 11 is 6.89. The van der Waals surface area contributed by atoms with Crippen LogP contribution in [-0.4, -0.2) is 72.7 Å². The number of carbonyl (C=O) groups is 1. The molecule has 0 radical (unpaired) electrons. The van der Waals surface area contributed by atoms with Crippen LogP contribution in [0.5, 0.6) is 11.5 Å². The number of hydrogen-bond acceptors (Lipinski definition) is 7. The highest BCUT2D eigenvalue weighted by atomic mass is 35.5. The van der Waals surface area contributed by atoms with Crippen molar-refractivity contribution in [2.24, 2.45) is 11.8 Å². The van der Waals surface area contributed by atoms with Gasteiger partial charge in [-0.3, -0.25) is 9.67 Å². The average Bonchev–Trinajstić information content (AvgIpc) is 3.80. The standard InChI is InChI=1S/C33H38ClN7O4Si/c1-20-37-26-6-5-25(13-29(26)41(20)19-44-9-10-46(2,3)4)45-30-8-7-27-32(31(30)34)38-28(15-35-27)23-14-36-39(17-23)16-21-11-24-12-22(21)18-40(24)33(42)43/h5-8,13-15,17,21-22,24H,9-12,16,18-19H2,1-4H3,(H,42,43). The Kier molecular flexibility index (Phi) is 7.98. The molecule has 2 fully saturated rings. The van der Waals surface area contributed by atoms with Crippen LogP contribution in [0.1, 0.15) is 18.7 Å². The second kappa shape index (κ2) is 12.0. The van der Waals surface area contributed by atoms with Crippen molar-refractivity contribution in [3.8, 4) is 22.8 Å². The molecular weight excluding hydrogens is 622 g/mol. The first-order valence-electron chi connectivity index (χ1n) is 15.7. The summed E-state index contributed by atoms with van der Waals surface area (Å²) in [4.78, 5) is 27.2. The molecule has 2 bridgehead atoms. The number of benzene rings is 2. The number of halogens is 1. The Balaban J connectivity index is 1.07. The Morgan fingerprint density at radius 2 is 1.93 bits per heavy atom. The molecule has 0 spiro atoms. The minimum Gasteiger partial charge on any atom is -0.465 e. The van der Waals surface area contributed by atoms with Gasteiger partial charge in [0.1, 0.15) is 34.6 Å². The van der Waals surface area contributed by atoms with Crippen molar-refractivity contribution >= 4 is 47.8 Å². The highest BCUT2D eigenvalue weighted by Gasteiger charge is 2.46. The summed E-state index contributed by atoms with van der Waals surface area (Å²) in [7, 11) is -1.17. The number of aromatic nitrogens is 6.